The minimum atomic E-state index is 0.230. The summed E-state index contributed by atoms with van der Waals surface area (Å²) in [5, 5.41) is 3.19. The molecule has 1 rings (SSSR count). The predicted octanol–water partition coefficient (Wildman–Crippen LogP) is 2.45. The van der Waals surface area contributed by atoms with Gasteiger partial charge in [-0.05, 0) is 50.5 Å². The van der Waals surface area contributed by atoms with Crippen LogP contribution in [0.5, 0.6) is 0 Å². The molecule has 0 spiro atoms. The molecular weight excluding hydrogens is 212 g/mol. The second kappa shape index (κ2) is 7.70. The fourth-order valence-electron chi connectivity index (χ4n) is 2.97. The smallest absolute Gasteiger partial charge is 0.220 e. The fourth-order valence-corrected chi connectivity index (χ4v) is 2.97. The molecule has 3 N–H and O–H groups in total. The molecular formula is C14H28N2O. The molecule has 2 atom stereocenters. The number of nitrogens with two attached hydrogens (primary N) is 1. The van der Waals surface area contributed by atoms with Crippen LogP contribution in [0.25, 0.3) is 0 Å². The molecule has 0 saturated heterocycles. The predicted molar refractivity (Wildman–Crippen MR) is 71.6 cm³/mol. The Morgan fingerprint density at radius 3 is 2.35 bits per heavy atom. The molecule has 0 heterocycles. The molecule has 0 aromatic carbocycles. The second-order valence-corrected chi connectivity index (χ2v) is 5.78. The third-order valence-electron chi connectivity index (χ3n) is 3.65. The molecule has 0 radical (unpaired) electrons. The van der Waals surface area contributed by atoms with Crippen LogP contribution < -0.4 is 11.1 Å². The van der Waals surface area contributed by atoms with E-state index in [2.05, 4.69) is 19.2 Å². The first-order valence-electron chi connectivity index (χ1n) is 7.11. The van der Waals surface area contributed by atoms with Crippen molar-refractivity contribution in [2.45, 2.75) is 64.8 Å². The maximum atomic E-state index is 11.7. The molecule has 0 bridgehead atoms. The number of hydrogen-bond acceptors (Lipinski definition) is 2. The normalized spacial score (nSPS) is 29.0. The first-order chi connectivity index (χ1) is 8.11. The maximum Gasteiger partial charge on any atom is 0.220 e. The molecule has 1 saturated carbocycles. The van der Waals surface area contributed by atoms with Gasteiger partial charge in [0, 0.05) is 12.5 Å². The van der Waals surface area contributed by atoms with Crippen molar-refractivity contribution in [2.75, 3.05) is 6.54 Å². The third kappa shape index (κ3) is 6.06. The molecule has 1 amide bonds. The van der Waals surface area contributed by atoms with Crippen molar-refractivity contribution in [3.05, 3.63) is 0 Å². The molecule has 0 aliphatic heterocycles. The van der Waals surface area contributed by atoms with Crippen molar-refractivity contribution in [1.29, 1.82) is 0 Å². The highest BCUT2D eigenvalue weighted by molar-refractivity contribution is 5.76. The van der Waals surface area contributed by atoms with Gasteiger partial charge in [0.15, 0.2) is 0 Å². The van der Waals surface area contributed by atoms with Crippen molar-refractivity contribution in [3.8, 4) is 0 Å². The molecule has 2 unspecified atom stereocenters. The number of hydrogen-bond donors (Lipinski definition) is 2. The first kappa shape index (κ1) is 14.5. The van der Waals surface area contributed by atoms with E-state index in [0.717, 1.165) is 50.5 Å². The molecule has 3 heteroatoms. The zero-order valence-corrected chi connectivity index (χ0v) is 11.4. The second-order valence-electron chi connectivity index (χ2n) is 5.78. The minimum Gasteiger partial charge on any atom is -0.353 e. The molecule has 100 valence electrons. The van der Waals surface area contributed by atoms with Crippen molar-refractivity contribution in [2.24, 2.45) is 17.6 Å². The van der Waals surface area contributed by atoms with Gasteiger partial charge in [-0.15, -0.1) is 0 Å². The zero-order chi connectivity index (χ0) is 12.7. The lowest BCUT2D eigenvalue weighted by Crippen LogP contribution is -2.39. The SMILES string of the molecule is CC1CC(C)CC(NC(=O)CCCCCN)C1. The standard InChI is InChI=1S/C14H28N2O/c1-11-8-12(2)10-13(9-11)16-14(17)6-4-3-5-7-15/h11-13H,3-10,15H2,1-2H3,(H,16,17). The number of amides is 1. The van der Waals surface area contributed by atoms with Crippen LogP contribution in [0, 0.1) is 11.8 Å². The summed E-state index contributed by atoms with van der Waals surface area (Å²) in [6, 6.07) is 0.413. The summed E-state index contributed by atoms with van der Waals surface area (Å²) in [6.07, 6.45) is 7.35. The average Bonchev–Trinajstić information content (AvgIpc) is 2.23. The van der Waals surface area contributed by atoms with Gasteiger partial charge in [-0.1, -0.05) is 20.3 Å². The van der Waals surface area contributed by atoms with E-state index in [1.165, 1.54) is 6.42 Å². The summed E-state index contributed by atoms with van der Waals surface area (Å²) in [4.78, 5) is 11.7. The molecule has 0 aromatic heterocycles. The third-order valence-corrected chi connectivity index (χ3v) is 3.65. The topological polar surface area (TPSA) is 55.1 Å². The van der Waals surface area contributed by atoms with Gasteiger partial charge in [-0.2, -0.15) is 0 Å². The van der Waals surface area contributed by atoms with E-state index in [4.69, 9.17) is 5.73 Å². The summed E-state index contributed by atoms with van der Waals surface area (Å²) in [7, 11) is 0. The van der Waals surface area contributed by atoms with Gasteiger partial charge in [0.25, 0.3) is 0 Å². The Balaban J connectivity index is 2.16. The number of unbranched alkanes of at least 4 members (excludes halogenated alkanes) is 2. The minimum absolute atomic E-state index is 0.230. The van der Waals surface area contributed by atoms with Gasteiger partial charge in [-0.3, -0.25) is 4.79 Å². The highest BCUT2D eigenvalue weighted by Gasteiger charge is 2.24. The van der Waals surface area contributed by atoms with Gasteiger partial charge in [0.05, 0.1) is 0 Å². The van der Waals surface area contributed by atoms with E-state index in [9.17, 15) is 4.79 Å². The number of nitrogens with one attached hydrogen (secondary N) is 1. The fraction of sp³-hybridized carbons (Fsp3) is 0.929. The molecule has 0 aromatic rings. The number of carbonyl (C=O) groups is 1. The van der Waals surface area contributed by atoms with Gasteiger partial charge in [-0.25, -0.2) is 0 Å². The van der Waals surface area contributed by atoms with E-state index in [1.807, 2.05) is 0 Å². The van der Waals surface area contributed by atoms with Crippen LogP contribution in [-0.2, 0) is 4.79 Å². The lowest BCUT2D eigenvalue weighted by Gasteiger charge is -2.32. The van der Waals surface area contributed by atoms with Gasteiger partial charge in [0.2, 0.25) is 5.91 Å². The van der Waals surface area contributed by atoms with Gasteiger partial charge in [0.1, 0.15) is 0 Å². The maximum absolute atomic E-state index is 11.7. The van der Waals surface area contributed by atoms with Crippen LogP contribution in [0.4, 0.5) is 0 Å². The Bertz CT molecular complexity index is 220. The Hall–Kier alpha value is -0.570. The van der Waals surface area contributed by atoms with Gasteiger partial charge >= 0.3 is 0 Å². The van der Waals surface area contributed by atoms with Crippen molar-refractivity contribution >= 4 is 5.91 Å². The van der Waals surface area contributed by atoms with Crippen LogP contribution in [0.15, 0.2) is 0 Å². The molecule has 3 nitrogen and oxygen atoms in total. The zero-order valence-electron chi connectivity index (χ0n) is 11.4. The van der Waals surface area contributed by atoms with Crippen molar-refractivity contribution in [3.63, 3.8) is 0 Å². The van der Waals surface area contributed by atoms with E-state index in [1.54, 1.807) is 0 Å². The lowest BCUT2D eigenvalue weighted by molar-refractivity contribution is -0.122. The van der Waals surface area contributed by atoms with Crippen LogP contribution in [0.3, 0.4) is 0 Å². The van der Waals surface area contributed by atoms with Crippen LogP contribution in [-0.4, -0.2) is 18.5 Å². The summed E-state index contributed by atoms with van der Waals surface area (Å²) >= 11 is 0. The molecule has 1 aliphatic carbocycles. The Labute approximate surface area is 106 Å². The summed E-state index contributed by atoms with van der Waals surface area (Å²) < 4.78 is 0. The average molecular weight is 240 g/mol. The van der Waals surface area contributed by atoms with Gasteiger partial charge < -0.3 is 11.1 Å². The van der Waals surface area contributed by atoms with E-state index >= 15 is 0 Å². The Morgan fingerprint density at radius 2 is 1.76 bits per heavy atom. The summed E-state index contributed by atoms with van der Waals surface area (Å²) in [5.74, 6) is 1.73. The van der Waals surface area contributed by atoms with E-state index < -0.39 is 0 Å². The number of carbonyl (C=O) groups excluding carboxylic acids is 1. The van der Waals surface area contributed by atoms with E-state index in [0.29, 0.717) is 12.5 Å². The molecule has 1 fully saturated rings. The van der Waals surface area contributed by atoms with E-state index in [-0.39, 0.29) is 5.91 Å². The molecule has 1 aliphatic rings. The summed E-state index contributed by atoms with van der Waals surface area (Å²) in [6.45, 7) is 5.31. The first-order valence-corrected chi connectivity index (χ1v) is 7.11. The monoisotopic (exact) mass is 240 g/mol. The van der Waals surface area contributed by atoms with Crippen molar-refractivity contribution in [1.82, 2.24) is 5.32 Å². The summed E-state index contributed by atoms with van der Waals surface area (Å²) in [5.41, 5.74) is 5.42. The Morgan fingerprint density at radius 1 is 1.12 bits per heavy atom. The Kier molecular flexibility index (Phi) is 6.56. The molecule has 17 heavy (non-hydrogen) atoms. The number of rotatable bonds is 6. The largest absolute Gasteiger partial charge is 0.353 e. The lowest BCUT2D eigenvalue weighted by atomic mass is 9.80. The van der Waals surface area contributed by atoms with Crippen LogP contribution in [0.1, 0.15) is 58.8 Å². The van der Waals surface area contributed by atoms with Crippen LogP contribution >= 0.6 is 0 Å². The highest BCUT2D eigenvalue weighted by atomic mass is 16.1. The quantitative estimate of drug-likeness (QED) is 0.701. The van der Waals surface area contributed by atoms with Crippen molar-refractivity contribution < 1.29 is 4.79 Å². The highest BCUT2D eigenvalue weighted by Crippen LogP contribution is 2.28. The van der Waals surface area contributed by atoms with Crippen LogP contribution in [0.2, 0.25) is 0 Å².